The summed E-state index contributed by atoms with van der Waals surface area (Å²) >= 11 is 1.37. The fraction of sp³-hybridized carbons (Fsp3) is 0.360. The Bertz CT molecular complexity index is 974. The molecule has 0 atom stereocenters. The first-order chi connectivity index (χ1) is 14.6. The largest absolute Gasteiger partial charge is 0.419 e. The average Bonchev–Trinajstić information content (AvgIpc) is 2.68. The molecule has 0 amide bonds. The maximum absolute atomic E-state index is 13.7. The van der Waals surface area contributed by atoms with E-state index in [-0.39, 0.29) is 0 Å². The molecule has 0 aliphatic heterocycles. The Morgan fingerprint density at radius 1 is 1.06 bits per heavy atom. The van der Waals surface area contributed by atoms with Crippen LogP contribution in [0.5, 0.6) is 0 Å². The highest BCUT2D eigenvalue weighted by molar-refractivity contribution is 8.10. The van der Waals surface area contributed by atoms with E-state index in [4.69, 9.17) is 5.73 Å². The van der Waals surface area contributed by atoms with Crippen LogP contribution in [-0.4, -0.2) is 6.54 Å². The first-order valence-electron chi connectivity index (χ1n) is 10.3. The molecule has 0 spiro atoms. The molecule has 168 valence electrons. The van der Waals surface area contributed by atoms with Gasteiger partial charge in [0, 0.05) is 4.91 Å². The van der Waals surface area contributed by atoms with Gasteiger partial charge < -0.3 is 5.73 Å². The van der Waals surface area contributed by atoms with Crippen LogP contribution >= 0.6 is 11.8 Å². The van der Waals surface area contributed by atoms with Crippen LogP contribution in [0.25, 0.3) is 4.91 Å². The Balaban J connectivity index is 2.24. The summed E-state index contributed by atoms with van der Waals surface area (Å²) in [7, 11) is 0. The van der Waals surface area contributed by atoms with E-state index in [1.165, 1.54) is 40.1 Å². The number of halogens is 4. The molecule has 0 saturated carbocycles. The number of rotatable bonds is 8. The minimum atomic E-state index is -4.72. The summed E-state index contributed by atoms with van der Waals surface area (Å²) in [5.41, 5.74) is 10.8. The van der Waals surface area contributed by atoms with Crippen molar-refractivity contribution in [3.05, 3.63) is 86.6 Å². The van der Waals surface area contributed by atoms with E-state index in [2.05, 4.69) is 26.0 Å². The Kier molecular flexibility index (Phi) is 8.95. The third-order valence-corrected chi connectivity index (χ3v) is 6.19. The fourth-order valence-electron chi connectivity index (χ4n) is 3.37. The van der Waals surface area contributed by atoms with Gasteiger partial charge >= 0.3 is 6.18 Å². The summed E-state index contributed by atoms with van der Waals surface area (Å²) in [6, 6.07) is 7.52. The van der Waals surface area contributed by atoms with Crippen molar-refractivity contribution in [3.8, 4) is 0 Å². The summed E-state index contributed by atoms with van der Waals surface area (Å²) in [5, 5.41) is 1.96. The summed E-state index contributed by atoms with van der Waals surface area (Å²) in [6.45, 7) is 8.69. The molecule has 0 aliphatic carbocycles. The second kappa shape index (κ2) is 11.0. The van der Waals surface area contributed by atoms with E-state index in [1.807, 2.05) is 25.3 Å². The highest BCUT2D eigenvalue weighted by atomic mass is 32.2. The molecule has 0 bridgehead atoms. The number of hydrogen-bond donors (Lipinski definition) is 1. The quantitative estimate of drug-likeness (QED) is 0.418. The van der Waals surface area contributed by atoms with E-state index in [0.29, 0.717) is 23.4 Å². The lowest BCUT2D eigenvalue weighted by atomic mass is 9.95. The summed E-state index contributed by atoms with van der Waals surface area (Å²) in [6.07, 6.45) is -0.605. The van der Waals surface area contributed by atoms with Gasteiger partial charge in [-0.1, -0.05) is 48.5 Å². The predicted octanol–water partition coefficient (Wildman–Crippen LogP) is 7.59. The molecule has 0 radical (unpaired) electrons. The normalized spacial score (nSPS) is 13.1. The Morgan fingerprint density at radius 2 is 1.71 bits per heavy atom. The number of nitrogens with two attached hydrogens (primary N) is 1. The number of allylic oxidation sites excluding steroid dienone is 2. The lowest BCUT2D eigenvalue weighted by Gasteiger charge is -2.13. The van der Waals surface area contributed by atoms with Crippen molar-refractivity contribution in [2.45, 2.75) is 53.1 Å². The average molecular weight is 452 g/mol. The van der Waals surface area contributed by atoms with Crippen LogP contribution in [0.3, 0.4) is 0 Å². The second-order valence-electron chi connectivity index (χ2n) is 7.67. The fourth-order valence-corrected chi connectivity index (χ4v) is 4.31. The van der Waals surface area contributed by atoms with Crippen LogP contribution in [0.4, 0.5) is 17.6 Å². The lowest BCUT2D eigenvalue weighted by Crippen LogP contribution is -2.08. The van der Waals surface area contributed by atoms with Crippen molar-refractivity contribution in [1.29, 1.82) is 0 Å². The van der Waals surface area contributed by atoms with Gasteiger partial charge in [-0.2, -0.15) is 13.2 Å². The molecule has 1 nitrogen and oxygen atoms in total. The maximum Gasteiger partial charge on any atom is 0.419 e. The number of alkyl halides is 3. The molecule has 2 aromatic rings. The van der Waals surface area contributed by atoms with Gasteiger partial charge in [0.25, 0.3) is 0 Å². The molecule has 2 N–H and O–H groups in total. The van der Waals surface area contributed by atoms with Gasteiger partial charge in [0.15, 0.2) is 0 Å². The van der Waals surface area contributed by atoms with Crippen LogP contribution in [0, 0.1) is 19.7 Å². The maximum atomic E-state index is 13.7. The zero-order valence-corrected chi connectivity index (χ0v) is 19.2. The van der Waals surface area contributed by atoms with Gasteiger partial charge in [-0.15, -0.1) is 0 Å². The number of aryl methyl sites for hydroxylation is 2. The summed E-state index contributed by atoms with van der Waals surface area (Å²) < 4.78 is 52.9. The molecule has 0 aromatic heterocycles. The third-order valence-electron chi connectivity index (χ3n) is 5.01. The van der Waals surface area contributed by atoms with Crippen LogP contribution in [0.2, 0.25) is 0 Å². The van der Waals surface area contributed by atoms with Gasteiger partial charge in [0.1, 0.15) is 5.82 Å². The topological polar surface area (TPSA) is 26.0 Å². The molecule has 6 heteroatoms. The molecular weight excluding hydrogens is 422 g/mol. The third kappa shape index (κ3) is 6.97. The minimum Gasteiger partial charge on any atom is -0.330 e. The molecule has 0 saturated heterocycles. The Hall–Kier alpha value is -2.05. The molecule has 31 heavy (non-hydrogen) atoms. The van der Waals surface area contributed by atoms with Gasteiger partial charge in [-0.25, -0.2) is 4.39 Å². The number of benzene rings is 2. The minimum absolute atomic E-state index is 0.364. The highest BCUT2D eigenvalue weighted by Gasteiger charge is 2.34. The molecule has 0 fully saturated rings. The monoisotopic (exact) mass is 451 g/mol. The van der Waals surface area contributed by atoms with Gasteiger partial charge in [0.2, 0.25) is 0 Å². The van der Waals surface area contributed by atoms with Crippen molar-refractivity contribution < 1.29 is 17.6 Å². The van der Waals surface area contributed by atoms with Crippen LogP contribution in [-0.2, 0) is 19.0 Å². The van der Waals surface area contributed by atoms with Crippen LogP contribution in [0.15, 0.2) is 47.4 Å². The Morgan fingerprint density at radius 3 is 2.32 bits per heavy atom. The standard InChI is InChI=1S/C25H29F4NS/c1-5-6-24(20-7-8-23(26)22(14-20)25(27,28)29)31-15-16(2)11-21-13-17(3)19(9-10-30)12-18(21)4/h6-8,12-15H,5,9-11,30H2,1-4H3/b16-15+,24-6-. The molecular formula is C25H29F4NS. The van der Waals surface area contributed by atoms with Crippen molar-refractivity contribution in [2.75, 3.05) is 6.54 Å². The smallest absolute Gasteiger partial charge is 0.330 e. The molecule has 0 heterocycles. The summed E-state index contributed by atoms with van der Waals surface area (Å²) in [5.74, 6) is -1.26. The molecule has 2 rings (SSSR count). The van der Waals surface area contributed by atoms with Crippen molar-refractivity contribution in [3.63, 3.8) is 0 Å². The second-order valence-corrected chi connectivity index (χ2v) is 8.58. The number of thioether (sulfide) groups is 1. The first kappa shape index (κ1) is 25.2. The first-order valence-corrected chi connectivity index (χ1v) is 11.1. The molecule has 2 aromatic carbocycles. The highest BCUT2D eigenvalue weighted by Crippen LogP contribution is 2.36. The van der Waals surface area contributed by atoms with E-state index in [0.717, 1.165) is 30.5 Å². The SMILES string of the molecule is CC/C=C(\S/C=C(\C)Cc1cc(C)c(CCN)cc1C)c1ccc(F)c(C(F)(F)F)c1. The van der Waals surface area contributed by atoms with Gasteiger partial charge in [-0.3, -0.25) is 0 Å². The van der Waals surface area contributed by atoms with E-state index in [1.54, 1.807) is 0 Å². The van der Waals surface area contributed by atoms with E-state index >= 15 is 0 Å². The lowest BCUT2D eigenvalue weighted by molar-refractivity contribution is -0.140. The van der Waals surface area contributed by atoms with Gasteiger partial charge in [-0.05, 0) is 91.9 Å². The van der Waals surface area contributed by atoms with Crippen LogP contribution in [0.1, 0.15) is 53.6 Å². The van der Waals surface area contributed by atoms with Crippen molar-refractivity contribution in [2.24, 2.45) is 5.73 Å². The van der Waals surface area contributed by atoms with Gasteiger partial charge in [0.05, 0.1) is 5.56 Å². The van der Waals surface area contributed by atoms with E-state index in [9.17, 15) is 17.6 Å². The number of hydrogen-bond acceptors (Lipinski definition) is 2. The predicted molar refractivity (Wildman–Crippen MR) is 123 cm³/mol. The molecule has 0 aliphatic rings. The molecule has 0 unspecified atom stereocenters. The Labute approximate surface area is 186 Å². The van der Waals surface area contributed by atoms with Crippen LogP contribution < -0.4 is 5.73 Å². The van der Waals surface area contributed by atoms with Crippen molar-refractivity contribution in [1.82, 2.24) is 0 Å². The van der Waals surface area contributed by atoms with E-state index < -0.39 is 17.6 Å². The zero-order valence-electron chi connectivity index (χ0n) is 18.4. The van der Waals surface area contributed by atoms with Crippen molar-refractivity contribution >= 4 is 16.7 Å². The zero-order chi connectivity index (χ0) is 23.2. The summed E-state index contributed by atoms with van der Waals surface area (Å²) in [4.78, 5) is 0.679.